The highest BCUT2D eigenvalue weighted by Gasteiger charge is 2.26. The van der Waals surface area contributed by atoms with Gasteiger partial charge in [0.05, 0.1) is 9.79 Å². The van der Waals surface area contributed by atoms with Crippen LogP contribution >= 0.6 is 0 Å². The zero-order valence-corrected chi connectivity index (χ0v) is 19.0. The molecule has 8 nitrogen and oxygen atoms in total. The highest BCUT2D eigenvalue weighted by molar-refractivity contribution is 7.89. The quantitative estimate of drug-likeness (QED) is 0.620. The number of nitrogens with one attached hydrogen (secondary N) is 2. The molecule has 0 atom stereocenters. The number of sulfonamides is 2. The van der Waals surface area contributed by atoms with E-state index in [1.54, 1.807) is 24.3 Å². The summed E-state index contributed by atoms with van der Waals surface area (Å²) in [4.78, 5) is 11.9. The van der Waals surface area contributed by atoms with Crippen LogP contribution in [0.3, 0.4) is 0 Å². The average molecular weight is 466 g/mol. The molecule has 10 heteroatoms. The van der Waals surface area contributed by atoms with Crippen molar-refractivity contribution in [1.29, 1.82) is 0 Å². The number of nitrogens with zero attached hydrogens (tertiary/aromatic N) is 1. The monoisotopic (exact) mass is 465 g/mol. The molecule has 0 aromatic heterocycles. The number of benzene rings is 2. The number of carbonyl (C=O) groups is 1. The van der Waals surface area contributed by atoms with Crippen LogP contribution in [0.2, 0.25) is 0 Å². The molecule has 0 unspecified atom stereocenters. The molecule has 1 aliphatic rings. The van der Waals surface area contributed by atoms with Crippen LogP contribution < -0.4 is 10.0 Å². The topological polar surface area (TPSA) is 113 Å². The van der Waals surface area contributed by atoms with E-state index in [2.05, 4.69) is 10.0 Å². The third kappa shape index (κ3) is 5.70. The fraction of sp³-hybridized carbons (Fsp3) is 0.381. The van der Waals surface area contributed by atoms with E-state index in [1.165, 1.54) is 28.6 Å². The molecule has 1 amide bonds. The smallest absolute Gasteiger partial charge is 0.251 e. The van der Waals surface area contributed by atoms with Crippen molar-refractivity contribution in [3.8, 4) is 0 Å². The molecule has 3 rings (SSSR count). The molecule has 31 heavy (non-hydrogen) atoms. The van der Waals surface area contributed by atoms with Crippen molar-refractivity contribution < 1.29 is 21.6 Å². The molecule has 1 aliphatic heterocycles. The second-order valence-corrected chi connectivity index (χ2v) is 11.0. The average Bonchev–Trinajstić information content (AvgIpc) is 2.79. The molecule has 0 radical (unpaired) electrons. The predicted octanol–water partition coefficient (Wildman–Crippen LogP) is 2.09. The Morgan fingerprint density at radius 3 is 2.03 bits per heavy atom. The number of rotatable bonds is 8. The van der Waals surface area contributed by atoms with E-state index in [0.29, 0.717) is 30.8 Å². The SMILES string of the molecule is CCNC(=O)c1ccc(CNS(=O)(=O)c2ccc(S(=O)(=O)N3CCCCC3)cc2)cc1. The summed E-state index contributed by atoms with van der Waals surface area (Å²) in [5.74, 6) is -0.186. The fourth-order valence-electron chi connectivity index (χ4n) is 3.34. The Kier molecular flexibility index (Phi) is 7.47. The molecule has 0 spiro atoms. The van der Waals surface area contributed by atoms with Gasteiger partial charge in [0.1, 0.15) is 0 Å². The first-order chi connectivity index (χ1) is 14.7. The van der Waals surface area contributed by atoms with Gasteiger partial charge in [0.15, 0.2) is 0 Å². The lowest BCUT2D eigenvalue weighted by Crippen LogP contribution is -2.35. The first-order valence-corrected chi connectivity index (χ1v) is 13.1. The Hall–Kier alpha value is -2.27. The number of carbonyl (C=O) groups excluding carboxylic acids is 1. The van der Waals surface area contributed by atoms with E-state index in [0.717, 1.165) is 19.3 Å². The maximum atomic E-state index is 12.7. The van der Waals surface area contributed by atoms with Crippen LogP contribution in [0.1, 0.15) is 42.1 Å². The van der Waals surface area contributed by atoms with Gasteiger partial charge in [-0.2, -0.15) is 4.31 Å². The molecule has 2 N–H and O–H groups in total. The standard InChI is InChI=1S/C21H27N3O5S2/c1-2-22-21(25)18-8-6-17(7-9-18)16-23-30(26,27)19-10-12-20(13-11-19)31(28,29)24-14-4-3-5-15-24/h6-13,23H,2-5,14-16H2,1H3,(H,22,25). The Morgan fingerprint density at radius 2 is 1.45 bits per heavy atom. The molecule has 0 bridgehead atoms. The molecule has 2 aromatic rings. The first-order valence-electron chi connectivity index (χ1n) is 10.2. The first kappa shape index (κ1) is 23.4. The molecule has 0 saturated carbocycles. The lowest BCUT2D eigenvalue weighted by Gasteiger charge is -2.25. The number of hydrogen-bond acceptors (Lipinski definition) is 5. The van der Waals surface area contributed by atoms with Gasteiger partial charge in [-0.3, -0.25) is 4.79 Å². The Balaban J connectivity index is 1.66. The molecule has 1 fully saturated rings. The van der Waals surface area contributed by atoms with Crippen LogP contribution in [0.15, 0.2) is 58.3 Å². The second kappa shape index (κ2) is 9.90. The zero-order valence-electron chi connectivity index (χ0n) is 17.4. The van der Waals surface area contributed by atoms with Crippen molar-refractivity contribution in [1.82, 2.24) is 14.3 Å². The van der Waals surface area contributed by atoms with Gasteiger partial charge in [0, 0.05) is 31.7 Å². The van der Waals surface area contributed by atoms with Crippen LogP contribution in [-0.4, -0.2) is 46.7 Å². The van der Waals surface area contributed by atoms with Crippen LogP contribution in [0.25, 0.3) is 0 Å². The largest absolute Gasteiger partial charge is 0.352 e. The van der Waals surface area contributed by atoms with Crippen LogP contribution in [0.5, 0.6) is 0 Å². The molecule has 1 heterocycles. The van der Waals surface area contributed by atoms with Crippen molar-refractivity contribution in [3.63, 3.8) is 0 Å². The van der Waals surface area contributed by atoms with Gasteiger partial charge >= 0.3 is 0 Å². The van der Waals surface area contributed by atoms with Crippen molar-refractivity contribution >= 4 is 26.0 Å². The maximum Gasteiger partial charge on any atom is 0.251 e. The molecular formula is C21H27N3O5S2. The van der Waals surface area contributed by atoms with Gasteiger partial charge in [0.25, 0.3) is 5.91 Å². The van der Waals surface area contributed by atoms with E-state index in [4.69, 9.17) is 0 Å². The Labute approximate surface area is 183 Å². The predicted molar refractivity (Wildman–Crippen MR) is 118 cm³/mol. The number of hydrogen-bond donors (Lipinski definition) is 2. The summed E-state index contributed by atoms with van der Waals surface area (Å²) < 4.78 is 54.5. The third-order valence-electron chi connectivity index (χ3n) is 5.11. The zero-order chi connectivity index (χ0) is 22.5. The molecule has 0 aliphatic carbocycles. The van der Waals surface area contributed by atoms with E-state index >= 15 is 0 Å². The van der Waals surface area contributed by atoms with Crippen molar-refractivity contribution in [2.75, 3.05) is 19.6 Å². The van der Waals surface area contributed by atoms with Crippen LogP contribution in [0.4, 0.5) is 0 Å². The minimum Gasteiger partial charge on any atom is -0.352 e. The summed E-state index contributed by atoms with van der Waals surface area (Å²) >= 11 is 0. The minimum atomic E-state index is -3.82. The van der Waals surface area contributed by atoms with Crippen LogP contribution in [-0.2, 0) is 26.6 Å². The summed E-state index contributed by atoms with van der Waals surface area (Å²) in [7, 11) is -7.43. The fourth-order valence-corrected chi connectivity index (χ4v) is 5.88. The molecule has 2 aromatic carbocycles. The summed E-state index contributed by atoms with van der Waals surface area (Å²) in [5.41, 5.74) is 1.19. The maximum absolute atomic E-state index is 12.7. The highest BCUT2D eigenvalue weighted by atomic mass is 32.2. The number of amides is 1. The molecular weight excluding hydrogens is 438 g/mol. The molecule has 1 saturated heterocycles. The summed E-state index contributed by atoms with van der Waals surface area (Å²) in [6, 6.07) is 11.9. The van der Waals surface area contributed by atoms with E-state index in [1.807, 2.05) is 6.92 Å². The Morgan fingerprint density at radius 1 is 0.871 bits per heavy atom. The second-order valence-electron chi connectivity index (χ2n) is 7.32. The minimum absolute atomic E-state index is 0.0102. The third-order valence-corrected chi connectivity index (χ3v) is 8.44. The summed E-state index contributed by atoms with van der Waals surface area (Å²) in [6.45, 7) is 3.38. The number of piperidine rings is 1. The van der Waals surface area contributed by atoms with Gasteiger partial charge in [0.2, 0.25) is 20.0 Å². The summed E-state index contributed by atoms with van der Waals surface area (Å²) in [6.07, 6.45) is 2.68. The van der Waals surface area contributed by atoms with Gasteiger partial charge < -0.3 is 5.32 Å². The van der Waals surface area contributed by atoms with Crippen LogP contribution in [0, 0.1) is 0 Å². The van der Waals surface area contributed by atoms with E-state index in [9.17, 15) is 21.6 Å². The summed E-state index contributed by atoms with van der Waals surface area (Å²) in [5, 5.41) is 2.70. The van der Waals surface area contributed by atoms with Crippen molar-refractivity contribution in [2.45, 2.75) is 42.5 Å². The Bertz CT molecular complexity index is 1110. The van der Waals surface area contributed by atoms with Crippen molar-refractivity contribution in [3.05, 3.63) is 59.7 Å². The molecule has 168 valence electrons. The van der Waals surface area contributed by atoms with Gasteiger partial charge in [-0.05, 0) is 61.7 Å². The normalized spacial score (nSPS) is 15.5. The van der Waals surface area contributed by atoms with Gasteiger partial charge in [-0.1, -0.05) is 18.6 Å². The highest BCUT2D eigenvalue weighted by Crippen LogP contribution is 2.22. The lowest BCUT2D eigenvalue weighted by molar-refractivity contribution is 0.0955. The lowest BCUT2D eigenvalue weighted by atomic mass is 10.1. The van der Waals surface area contributed by atoms with Gasteiger partial charge in [-0.15, -0.1) is 0 Å². The van der Waals surface area contributed by atoms with E-state index < -0.39 is 20.0 Å². The van der Waals surface area contributed by atoms with E-state index in [-0.39, 0.29) is 22.2 Å². The van der Waals surface area contributed by atoms with Gasteiger partial charge in [-0.25, -0.2) is 21.6 Å². The van der Waals surface area contributed by atoms with Crippen molar-refractivity contribution in [2.24, 2.45) is 0 Å².